The third-order valence-electron chi connectivity index (χ3n) is 6.65. The fourth-order valence-corrected chi connectivity index (χ4v) is 4.80. The first-order chi connectivity index (χ1) is 17.0. The van der Waals surface area contributed by atoms with Crippen LogP contribution >= 0.6 is 0 Å². The van der Waals surface area contributed by atoms with E-state index in [1.54, 1.807) is 0 Å². The van der Waals surface area contributed by atoms with Crippen LogP contribution in [0.2, 0.25) is 0 Å². The third-order valence-corrected chi connectivity index (χ3v) is 6.65. The highest BCUT2D eigenvalue weighted by Crippen LogP contribution is 2.33. The zero-order valence-electron chi connectivity index (χ0n) is 20.2. The molecule has 6 nitrogen and oxygen atoms in total. The average Bonchev–Trinajstić information content (AvgIpc) is 3.43. The molecule has 1 amide bonds. The Bertz CT molecular complexity index is 1330. The minimum absolute atomic E-state index is 0.0508. The number of hydrogen-bond acceptors (Lipinski definition) is 4. The van der Waals surface area contributed by atoms with Gasteiger partial charge in [-0.2, -0.15) is 0 Å². The van der Waals surface area contributed by atoms with Crippen molar-refractivity contribution in [2.75, 3.05) is 18.1 Å². The largest absolute Gasteiger partial charge is 0.491 e. The van der Waals surface area contributed by atoms with Crippen molar-refractivity contribution >= 4 is 22.6 Å². The van der Waals surface area contributed by atoms with Gasteiger partial charge in [-0.15, -0.1) is 0 Å². The molecule has 1 fully saturated rings. The zero-order valence-corrected chi connectivity index (χ0v) is 20.2. The molecule has 0 radical (unpaired) electrons. The molecule has 35 heavy (non-hydrogen) atoms. The van der Waals surface area contributed by atoms with Gasteiger partial charge in [0.05, 0.1) is 17.6 Å². The number of benzene rings is 3. The van der Waals surface area contributed by atoms with Gasteiger partial charge in [0.25, 0.3) is 0 Å². The molecule has 3 aromatic carbocycles. The van der Waals surface area contributed by atoms with Crippen molar-refractivity contribution in [3.05, 3.63) is 89.7 Å². The first-order valence-corrected chi connectivity index (χ1v) is 12.2. The van der Waals surface area contributed by atoms with Crippen LogP contribution in [0.15, 0.2) is 72.8 Å². The fraction of sp³-hybridized carbons (Fsp3) is 0.310. The van der Waals surface area contributed by atoms with E-state index in [9.17, 15) is 9.90 Å². The maximum atomic E-state index is 12.9. The normalized spacial score (nSPS) is 16.7. The standard InChI is InChI=1S/C29H31N3O3/c1-3-21-11-13-25(14-12-21)35-19-24(33)18-32-27-10-5-4-9-26(27)30-29(32)22-16-28(34)31(17-22)23-8-6-7-20(2)15-23/h4-15,22,24,33H,3,16-19H2,1-2H3/t22-,24+/m1/s1. The summed E-state index contributed by atoms with van der Waals surface area (Å²) in [6.45, 7) is 5.24. The number of anilines is 1. The Balaban J connectivity index is 1.36. The number of ether oxygens (including phenoxy) is 1. The lowest BCUT2D eigenvalue weighted by atomic mass is 10.1. The topological polar surface area (TPSA) is 67.6 Å². The molecule has 5 rings (SSSR count). The molecular formula is C29H31N3O3. The highest BCUT2D eigenvalue weighted by atomic mass is 16.5. The zero-order chi connectivity index (χ0) is 24.4. The number of para-hydroxylation sites is 2. The van der Waals surface area contributed by atoms with E-state index < -0.39 is 6.10 Å². The van der Waals surface area contributed by atoms with Gasteiger partial charge in [0.2, 0.25) is 5.91 Å². The van der Waals surface area contributed by atoms with Crippen LogP contribution in [0, 0.1) is 6.92 Å². The number of rotatable bonds is 8. The van der Waals surface area contributed by atoms with E-state index in [0.29, 0.717) is 19.5 Å². The predicted molar refractivity (Wildman–Crippen MR) is 138 cm³/mol. The molecule has 0 unspecified atom stereocenters. The van der Waals surface area contributed by atoms with Gasteiger partial charge in [-0.3, -0.25) is 4.79 Å². The smallest absolute Gasteiger partial charge is 0.227 e. The summed E-state index contributed by atoms with van der Waals surface area (Å²) in [5, 5.41) is 10.9. The number of aliphatic hydroxyl groups is 1. The molecule has 0 saturated carbocycles. The van der Waals surface area contributed by atoms with Gasteiger partial charge in [0.1, 0.15) is 24.3 Å². The summed E-state index contributed by atoms with van der Waals surface area (Å²) in [4.78, 5) is 19.7. The third kappa shape index (κ3) is 4.93. The molecule has 0 spiro atoms. The van der Waals surface area contributed by atoms with E-state index in [4.69, 9.17) is 9.72 Å². The molecule has 1 aliphatic rings. The number of carbonyl (C=O) groups is 1. The Morgan fingerprint density at radius 3 is 2.66 bits per heavy atom. The summed E-state index contributed by atoms with van der Waals surface area (Å²) in [6, 6.07) is 23.9. The second-order valence-electron chi connectivity index (χ2n) is 9.28. The molecule has 2 heterocycles. The van der Waals surface area contributed by atoms with Gasteiger partial charge in [0, 0.05) is 24.6 Å². The highest BCUT2D eigenvalue weighted by molar-refractivity contribution is 5.96. The van der Waals surface area contributed by atoms with E-state index in [-0.39, 0.29) is 18.4 Å². The lowest BCUT2D eigenvalue weighted by Crippen LogP contribution is -2.26. The van der Waals surface area contributed by atoms with Crippen molar-refractivity contribution in [1.29, 1.82) is 0 Å². The summed E-state index contributed by atoms with van der Waals surface area (Å²) in [7, 11) is 0. The van der Waals surface area contributed by atoms with Crippen LogP contribution in [-0.4, -0.2) is 39.8 Å². The molecule has 1 aromatic heterocycles. The first-order valence-electron chi connectivity index (χ1n) is 12.2. The maximum absolute atomic E-state index is 12.9. The molecule has 1 saturated heterocycles. The van der Waals surface area contributed by atoms with Crippen LogP contribution in [-0.2, 0) is 17.8 Å². The Labute approximate surface area is 205 Å². The monoisotopic (exact) mass is 469 g/mol. The molecule has 180 valence electrons. The van der Waals surface area contributed by atoms with Crippen LogP contribution in [0.1, 0.15) is 36.2 Å². The van der Waals surface area contributed by atoms with Crippen molar-refractivity contribution in [2.45, 2.75) is 45.3 Å². The second kappa shape index (κ2) is 9.92. The van der Waals surface area contributed by atoms with Crippen LogP contribution in [0.25, 0.3) is 11.0 Å². The SMILES string of the molecule is CCc1ccc(OC[C@@H](O)Cn2c([C@@H]3CC(=O)N(c4cccc(C)c4)C3)nc3ccccc32)cc1. The van der Waals surface area contributed by atoms with Gasteiger partial charge < -0.3 is 19.3 Å². The van der Waals surface area contributed by atoms with Crippen molar-refractivity contribution in [1.82, 2.24) is 9.55 Å². The molecule has 1 N–H and O–H groups in total. The molecule has 2 atom stereocenters. The van der Waals surface area contributed by atoms with Crippen LogP contribution in [0.4, 0.5) is 5.69 Å². The lowest BCUT2D eigenvalue weighted by molar-refractivity contribution is -0.117. The van der Waals surface area contributed by atoms with Gasteiger partial charge in [-0.05, 0) is 60.9 Å². The number of fused-ring (bicyclic) bond motifs is 1. The number of aromatic nitrogens is 2. The van der Waals surface area contributed by atoms with Crippen molar-refractivity contribution in [3.63, 3.8) is 0 Å². The number of hydrogen-bond donors (Lipinski definition) is 1. The lowest BCUT2D eigenvalue weighted by Gasteiger charge is -2.19. The van der Waals surface area contributed by atoms with Crippen LogP contribution < -0.4 is 9.64 Å². The number of aliphatic hydroxyl groups excluding tert-OH is 1. The second-order valence-corrected chi connectivity index (χ2v) is 9.28. The van der Waals surface area contributed by atoms with Crippen molar-refractivity contribution in [2.24, 2.45) is 0 Å². The van der Waals surface area contributed by atoms with Gasteiger partial charge >= 0.3 is 0 Å². The van der Waals surface area contributed by atoms with E-state index in [1.165, 1.54) is 5.56 Å². The van der Waals surface area contributed by atoms with E-state index in [0.717, 1.165) is 40.3 Å². The Kier molecular flexibility index (Phi) is 6.55. The molecule has 0 bridgehead atoms. The number of nitrogens with zero attached hydrogens (tertiary/aromatic N) is 3. The van der Waals surface area contributed by atoms with Gasteiger partial charge in [-0.25, -0.2) is 4.98 Å². The minimum atomic E-state index is -0.720. The average molecular weight is 470 g/mol. The Hall–Kier alpha value is -3.64. The van der Waals surface area contributed by atoms with Crippen LogP contribution in [0.3, 0.4) is 0 Å². The molecule has 0 aliphatic carbocycles. The minimum Gasteiger partial charge on any atom is -0.491 e. The van der Waals surface area contributed by atoms with Gasteiger partial charge in [0.15, 0.2) is 0 Å². The Morgan fingerprint density at radius 1 is 1.09 bits per heavy atom. The van der Waals surface area contributed by atoms with Gasteiger partial charge in [-0.1, -0.05) is 43.3 Å². The predicted octanol–water partition coefficient (Wildman–Crippen LogP) is 4.87. The molecular weight excluding hydrogens is 438 g/mol. The maximum Gasteiger partial charge on any atom is 0.227 e. The Morgan fingerprint density at radius 2 is 1.89 bits per heavy atom. The first kappa shape index (κ1) is 23.1. The number of aryl methyl sites for hydroxylation is 2. The summed E-state index contributed by atoms with van der Waals surface area (Å²) in [6.07, 6.45) is 0.653. The van der Waals surface area contributed by atoms with Crippen LogP contribution in [0.5, 0.6) is 5.75 Å². The van der Waals surface area contributed by atoms with E-state index in [1.807, 2.05) is 84.6 Å². The van der Waals surface area contributed by atoms with E-state index >= 15 is 0 Å². The molecule has 4 aromatic rings. The fourth-order valence-electron chi connectivity index (χ4n) is 4.80. The summed E-state index contributed by atoms with van der Waals surface area (Å²) < 4.78 is 7.91. The summed E-state index contributed by atoms with van der Waals surface area (Å²) >= 11 is 0. The highest BCUT2D eigenvalue weighted by Gasteiger charge is 2.35. The molecule has 1 aliphatic heterocycles. The summed E-state index contributed by atoms with van der Waals surface area (Å²) in [5.74, 6) is 1.62. The van der Waals surface area contributed by atoms with Crippen molar-refractivity contribution in [3.8, 4) is 5.75 Å². The summed E-state index contributed by atoms with van der Waals surface area (Å²) in [5.41, 5.74) is 5.11. The number of amides is 1. The molecule has 6 heteroatoms. The van der Waals surface area contributed by atoms with Crippen molar-refractivity contribution < 1.29 is 14.6 Å². The number of carbonyl (C=O) groups excluding carboxylic acids is 1. The quantitative estimate of drug-likeness (QED) is 0.400. The number of imidazole rings is 1. The van der Waals surface area contributed by atoms with E-state index in [2.05, 4.69) is 11.5 Å².